The summed E-state index contributed by atoms with van der Waals surface area (Å²) in [5, 5.41) is 23.1. The van der Waals surface area contributed by atoms with Crippen molar-refractivity contribution in [1.29, 1.82) is 0 Å². The average molecular weight is 717 g/mol. The number of halogens is 1. The lowest BCUT2D eigenvalue weighted by Crippen LogP contribution is -2.60. The molecule has 2 amide bonds. The molecule has 17 heteroatoms. The van der Waals surface area contributed by atoms with Crippen molar-refractivity contribution in [2.45, 2.75) is 50.3 Å². The van der Waals surface area contributed by atoms with Crippen LogP contribution >= 0.6 is 0 Å². The molecule has 2 aliphatic heterocycles. The van der Waals surface area contributed by atoms with Crippen molar-refractivity contribution < 1.29 is 18.8 Å². The fourth-order valence-electron chi connectivity index (χ4n) is 6.70. The number of para-hydroxylation sites is 1. The average Bonchev–Trinajstić information content (AvgIpc) is 3.74. The van der Waals surface area contributed by atoms with Crippen molar-refractivity contribution in [3.8, 4) is 11.1 Å². The smallest absolute Gasteiger partial charge is 0.273 e. The molecule has 3 aromatic heterocycles. The van der Waals surface area contributed by atoms with Crippen molar-refractivity contribution in [2.24, 2.45) is 5.92 Å². The number of carbonyl (C=O) groups excluding carboxylic acids is 3. The molecule has 3 atom stereocenters. The lowest BCUT2D eigenvalue weighted by atomic mass is 9.57. The zero-order valence-corrected chi connectivity index (χ0v) is 30.4. The quantitative estimate of drug-likeness (QED) is 0.133. The molecule has 0 bridgehead atoms. The number of anilines is 4. The zero-order valence-electron chi connectivity index (χ0n) is 30.4. The van der Waals surface area contributed by atoms with Gasteiger partial charge in [0.1, 0.15) is 11.9 Å². The molecule has 272 valence electrons. The van der Waals surface area contributed by atoms with Crippen LogP contribution in [0.4, 0.5) is 27.3 Å². The van der Waals surface area contributed by atoms with Gasteiger partial charge in [-0.1, -0.05) is 32.0 Å². The van der Waals surface area contributed by atoms with Crippen LogP contribution in [0, 0.1) is 5.92 Å². The molecule has 1 aromatic carbocycles. The number of likely N-dealkylation sites (tertiary alicyclic amines) is 1. The minimum atomic E-state index is -1.36. The molecular formula is C36H42B2FN11O3. The van der Waals surface area contributed by atoms with Gasteiger partial charge in [0, 0.05) is 50.1 Å². The molecular weight excluding hydrogens is 675 g/mol. The molecule has 7 rings (SSSR count). The van der Waals surface area contributed by atoms with Gasteiger partial charge in [0.15, 0.2) is 17.8 Å². The summed E-state index contributed by atoms with van der Waals surface area (Å²) in [4.78, 5) is 44.9. The minimum absolute atomic E-state index is 0.00439. The van der Waals surface area contributed by atoms with E-state index >= 15 is 0 Å². The number of pyridine rings is 1. The third kappa shape index (κ3) is 7.27. The van der Waals surface area contributed by atoms with Crippen molar-refractivity contribution in [2.75, 3.05) is 56.3 Å². The Morgan fingerprint density at radius 3 is 2.42 bits per heavy atom. The van der Waals surface area contributed by atoms with E-state index in [0.29, 0.717) is 36.4 Å². The Balaban J connectivity index is 0.00000114. The van der Waals surface area contributed by atoms with Crippen LogP contribution in [0.3, 0.4) is 0 Å². The molecule has 3 unspecified atom stereocenters. The Bertz CT molecular complexity index is 2000. The number of alkyl halides is 1. The summed E-state index contributed by atoms with van der Waals surface area (Å²) < 4.78 is 15.6. The van der Waals surface area contributed by atoms with Gasteiger partial charge in [0.05, 0.1) is 62.6 Å². The first kappa shape index (κ1) is 37.6. The van der Waals surface area contributed by atoms with Gasteiger partial charge in [-0.15, -0.1) is 10.2 Å². The highest BCUT2D eigenvalue weighted by molar-refractivity contribution is 6.39. The molecule has 1 saturated carbocycles. The second kappa shape index (κ2) is 15.4. The zero-order chi connectivity index (χ0) is 38.0. The molecule has 3 aliphatic rings. The third-order valence-electron chi connectivity index (χ3n) is 9.88. The van der Waals surface area contributed by atoms with Crippen LogP contribution in [-0.4, -0.2) is 111 Å². The van der Waals surface area contributed by atoms with Gasteiger partial charge in [-0.3, -0.25) is 19.1 Å². The molecule has 1 aliphatic carbocycles. The predicted octanol–water partition coefficient (Wildman–Crippen LogP) is 3.08. The highest BCUT2D eigenvalue weighted by Crippen LogP contribution is 2.50. The molecule has 0 spiro atoms. The second-order valence-corrected chi connectivity index (χ2v) is 13.3. The van der Waals surface area contributed by atoms with Crippen LogP contribution in [0.2, 0.25) is 0 Å². The Kier molecular flexibility index (Phi) is 11.0. The SMILES string of the molecule is CCNC.[B]C([B])(c1cccc(C=O)n1)N1CC(n2ncc3c2C(CC)N(C)c2c(Nc4cc(NC(=O)C5CC5F)nnc4C(=O)NC)cccc2-3)C1. The van der Waals surface area contributed by atoms with Gasteiger partial charge in [0.25, 0.3) is 5.91 Å². The van der Waals surface area contributed by atoms with E-state index in [1.807, 2.05) is 43.4 Å². The summed E-state index contributed by atoms with van der Waals surface area (Å²) in [6.07, 6.45) is 2.32. The number of benzene rings is 1. The number of hydrogen-bond acceptors (Lipinski definition) is 11. The highest BCUT2D eigenvalue weighted by atomic mass is 19.1. The first-order valence-corrected chi connectivity index (χ1v) is 17.6. The lowest BCUT2D eigenvalue weighted by Gasteiger charge is -2.50. The molecule has 4 radical (unpaired) electrons. The van der Waals surface area contributed by atoms with Gasteiger partial charge in [-0.05, 0) is 50.0 Å². The molecule has 53 heavy (non-hydrogen) atoms. The Morgan fingerprint density at radius 1 is 1.06 bits per heavy atom. The standard InChI is InChI=1S/C33H33B2FN10O3.C3H9N/c1-4-25-30-21(13-38-46(30)18-14-45(15-18)33(34,35)26-10-5-7-17(16-47)39-26)19-8-6-9-23(29(19)44(25)3)40-24-12-27(41-31(48)20-11-22(20)36)42-43-28(24)32(49)37-2;1-3-4-2/h5-10,12-13,16,18,20,22,25H,4,11,14-15H2,1-3H3,(H,37,49)(H2,40,41,42,48);4H,3H2,1-2H3. The van der Waals surface area contributed by atoms with Gasteiger partial charge >= 0.3 is 0 Å². The van der Waals surface area contributed by atoms with E-state index in [-0.39, 0.29) is 35.7 Å². The summed E-state index contributed by atoms with van der Waals surface area (Å²) in [6, 6.07) is 12.3. The van der Waals surface area contributed by atoms with E-state index in [1.54, 1.807) is 18.2 Å². The summed E-state index contributed by atoms with van der Waals surface area (Å²) in [5.41, 5.74) is 5.61. The third-order valence-corrected chi connectivity index (χ3v) is 9.88. The molecule has 4 aromatic rings. The molecule has 4 N–H and O–H groups in total. The summed E-state index contributed by atoms with van der Waals surface area (Å²) in [7, 11) is 18.5. The van der Waals surface area contributed by atoms with Crippen molar-refractivity contribution in [1.82, 2.24) is 40.5 Å². The van der Waals surface area contributed by atoms with E-state index in [2.05, 4.69) is 59.9 Å². The Morgan fingerprint density at radius 2 is 1.77 bits per heavy atom. The maximum Gasteiger partial charge on any atom is 0.273 e. The summed E-state index contributed by atoms with van der Waals surface area (Å²) in [6.45, 7) is 6.32. The van der Waals surface area contributed by atoms with Crippen LogP contribution in [-0.2, 0) is 10.1 Å². The number of aldehydes is 1. The van der Waals surface area contributed by atoms with E-state index in [1.165, 1.54) is 13.1 Å². The fraction of sp³-hybridized carbons (Fsp3) is 0.417. The molecule has 1 saturated heterocycles. The normalized spacial score (nSPS) is 19.1. The first-order chi connectivity index (χ1) is 25.5. The second-order valence-electron chi connectivity index (χ2n) is 13.3. The van der Waals surface area contributed by atoms with Crippen LogP contribution in [0.1, 0.15) is 71.1 Å². The Labute approximate surface area is 310 Å². The number of aromatic nitrogens is 5. The van der Waals surface area contributed by atoms with Gasteiger partial charge in [-0.2, -0.15) is 5.10 Å². The van der Waals surface area contributed by atoms with Gasteiger partial charge in [-0.25, -0.2) is 9.37 Å². The monoisotopic (exact) mass is 717 g/mol. The molecule has 2 fully saturated rings. The Hall–Kier alpha value is -5.15. The van der Waals surface area contributed by atoms with Crippen LogP contribution in [0.15, 0.2) is 48.7 Å². The lowest BCUT2D eigenvalue weighted by molar-refractivity contribution is -0.117. The number of amides is 2. The van der Waals surface area contributed by atoms with E-state index in [0.717, 1.165) is 35.5 Å². The molecule has 5 heterocycles. The maximum atomic E-state index is 13.5. The van der Waals surface area contributed by atoms with E-state index < -0.39 is 29.2 Å². The van der Waals surface area contributed by atoms with Gasteiger partial charge < -0.3 is 31.1 Å². The van der Waals surface area contributed by atoms with Crippen LogP contribution in [0.5, 0.6) is 0 Å². The van der Waals surface area contributed by atoms with Crippen LogP contribution in [0.25, 0.3) is 11.1 Å². The minimum Gasteiger partial charge on any atom is -0.364 e. The van der Waals surface area contributed by atoms with Crippen molar-refractivity contribution in [3.05, 3.63) is 71.4 Å². The number of carbonyl (C=O) groups is 3. The first-order valence-electron chi connectivity index (χ1n) is 17.6. The number of rotatable bonds is 11. The fourth-order valence-corrected chi connectivity index (χ4v) is 6.70. The van der Waals surface area contributed by atoms with Crippen LogP contribution < -0.4 is 26.2 Å². The highest BCUT2D eigenvalue weighted by Gasteiger charge is 2.44. The number of hydrogen-bond donors (Lipinski definition) is 4. The number of fused-ring (bicyclic) bond motifs is 3. The van der Waals surface area contributed by atoms with Crippen molar-refractivity contribution >= 4 is 56.7 Å². The largest absolute Gasteiger partial charge is 0.364 e. The van der Waals surface area contributed by atoms with E-state index in [9.17, 15) is 18.8 Å². The topological polar surface area (TPSA) is 162 Å². The predicted molar refractivity (Wildman–Crippen MR) is 202 cm³/mol. The number of nitrogens with zero attached hydrogens (tertiary/aromatic N) is 7. The van der Waals surface area contributed by atoms with Crippen molar-refractivity contribution in [3.63, 3.8) is 0 Å². The van der Waals surface area contributed by atoms with Gasteiger partial charge in [0.2, 0.25) is 5.91 Å². The number of nitrogens with one attached hydrogen (secondary N) is 4. The summed E-state index contributed by atoms with van der Waals surface area (Å²) in [5.74, 6) is -1.54. The van der Waals surface area contributed by atoms with E-state index in [4.69, 9.17) is 20.8 Å². The molecule has 14 nitrogen and oxygen atoms in total. The maximum absolute atomic E-state index is 13.5. The summed E-state index contributed by atoms with van der Waals surface area (Å²) >= 11 is 0.